The first-order chi connectivity index (χ1) is 13.6. The lowest BCUT2D eigenvalue weighted by atomic mass is 9.80. The van der Waals surface area contributed by atoms with Gasteiger partial charge >= 0.3 is 0 Å². The fourth-order valence-corrected chi connectivity index (χ4v) is 3.92. The minimum Gasteiger partial charge on any atom is -0.422 e. The Labute approximate surface area is 175 Å². The zero-order chi connectivity index (χ0) is 19.9. The predicted molar refractivity (Wildman–Crippen MR) is 113 cm³/mol. The molecule has 2 aromatic rings. The number of halogens is 2. The molecular weight excluding hydrogens is 395 g/mol. The highest BCUT2D eigenvalue weighted by Crippen LogP contribution is 2.38. The summed E-state index contributed by atoms with van der Waals surface area (Å²) < 4.78 is 5.84. The van der Waals surface area contributed by atoms with Gasteiger partial charge in [0.25, 0.3) is 5.88 Å². The molecule has 1 fully saturated rings. The van der Waals surface area contributed by atoms with Gasteiger partial charge in [0, 0.05) is 5.92 Å². The first kappa shape index (κ1) is 20.7. The summed E-state index contributed by atoms with van der Waals surface area (Å²) in [5, 5.41) is 14.4. The number of nitrogens with one attached hydrogen (secondary N) is 1. The van der Waals surface area contributed by atoms with Gasteiger partial charge in [0.05, 0.1) is 16.3 Å². The Kier molecular flexibility index (Phi) is 7.36. The van der Waals surface area contributed by atoms with Crippen molar-refractivity contribution >= 4 is 35.3 Å². The average Bonchev–Trinajstić information content (AvgIpc) is 3.12. The van der Waals surface area contributed by atoms with Crippen LogP contribution in [0.1, 0.15) is 74.9 Å². The highest BCUT2D eigenvalue weighted by Gasteiger charge is 2.27. The third-order valence-corrected chi connectivity index (χ3v) is 5.97. The van der Waals surface area contributed by atoms with E-state index in [1.54, 1.807) is 24.4 Å². The van der Waals surface area contributed by atoms with Crippen LogP contribution in [0.4, 0.5) is 5.88 Å². The molecule has 1 aliphatic rings. The maximum absolute atomic E-state index is 9.36. The Balaban J connectivity index is 1.62. The second-order valence-electron chi connectivity index (χ2n) is 7.25. The summed E-state index contributed by atoms with van der Waals surface area (Å²) in [4.78, 5) is 4.39. The Morgan fingerprint density at radius 1 is 1.29 bits per heavy atom. The van der Waals surface area contributed by atoms with Crippen LogP contribution in [-0.4, -0.2) is 11.2 Å². The van der Waals surface area contributed by atoms with Crippen molar-refractivity contribution in [2.45, 2.75) is 57.8 Å². The van der Waals surface area contributed by atoms with E-state index in [0.717, 1.165) is 24.3 Å². The van der Waals surface area contributed by atoms with Crippen LogP contribution in [0.15, 0.2) is 27.7 Å². The van der Waals surface area contributed by atoms with Crippen molar-refractivity contribution in [2.75, 3.05) is 5.43 Å². The van der Waals surface area contributed by atoms with Crippen molar-refractivity contribution in [3.05, 3.63) is 45.4 Å². The number of unbranched alkanes of at least 4 members (excludes halogenated alkanes) is 1. The average molecular weight is 419 g/mol. The summed E-state index contributed by atoms with van der Waals surface area (Å²) >= 11 is 11.9. The van der Waals surface area contributed by atoms with Gasteiger partial charge in [-0.15, -0.1) is 0 Å². The van der Waals surface area contributed by atoms with Crippen LogP contribution < -0.4 is 5.43 Å². The van der Waals surface area contributed by atoms with Crippen LogP contribution in [0.25, 0.3) is 0 Å². The smallest absolute Gasteiger partial charge is 0.252 e. The third-order valence-electron chi connectivity index (χ3n) is 5.23. The van der Waals surface area contributed by atoms with Crippen molar-refractivity contribution in [1.82, 2.24) is 4.98 Å². The topological polar surface area (TPSA) is 74.2 Å². The standard InChI is InChI=1S/C21H24Cl2N4O/c1-2-3-4-14-5-8-16(9-6-14)20-26-19(12-24)21(28-20)27-25-13-15-7-10-17(22)18(23)11-15/h7,10-11,13-14,16,27H,2-6,8-9H2,1H3/b25-13+. The van der Waals surface area contributed by atoms with Gasteiger partial charge in [-0.1, -0.05) is 55.5 Å². The van der Waals surface area contributed by atoms with Crippen molar-refractivity contribution in [1.29, 1.82) is 5.26 Å². The minimum atomic E-state index is 0.231. The molecule has 1 saturated carbocycles. The van der Waals surface area contributed by atoms with Gasteiger partial charge in [-0.25, -0.2) is 10.4 Å². The van der Waals surface area contributed by atoms with Crippen molar-refractivity contribution in [2.24, 2.45) is 11.0 Å². The lowest BCUT2D eigenvalue weighted by Gasteiger charge is -2.26. The molecule has 7 heteroatoms. The number of hydrogen-bond donors (Lipinski definition) is 1. The maximum Gasteiger partial charge on any atom is 0.252 e. The van der Waals surface area contributed by atoms with Gasteiger partial charge in [0.1, 0.15) is 6.07 Å². The van der Waals surface area contributed by atoms with Crippen LogP contribution in [0, 0.1) is 17.2 Å². The molecule has 1 aromatic heterocycles. The number of benzene rings is 1. The van der Waals surface area contributed by atoms with E-state index in [-0.39, 0.29) is 17.5 Å². The van der Waals surface area contributed by atoms with Gasteiger partial charge in [-0.05, 0) is 49.3 Å². The number of anilines is 1. The molecular formula is C21H24Cl2N4O. The number of hydrogen-bond acceptors (Lipinski definition) is 5. The van der Waals surface area contributed by atoms with Crippen molar-refractivity contribution in [3.8, 4) is 6.07 Å². The van der Waals surface area contributed by atoms with Crippen LogP contribution in [0.5, 0.6) is 0 Å². The lowest BCUT2D eigenvalue weighted by molar-refractivity contribution is 0.278. The van der Waals surface area contributed by atoms with Crippen molar-refractivity contribution in [3.63, 3.8) is 0 Å². The summed E-state index contributed by atoms with van der Waals surface area (Å²) in [5.74, 6) is 2.01. The molecule has 0 bridgehead atoms. The lowest BCUT2D eigenvalue weighted by Crippen LogP contribution is -2.13. The number of nitrogens with zero attached hydrogens (tertiary/aromatic N) is 3. The number of oxazole rings is 1. The molecule has 148 valence electrons. The molecule has 1 aromatic carbocycles. The van der Waals surface area contributed by atoms with E-state index in [0.29, 0.717) is 15.9 Å². The summed E-state index contributed by atoms with van der Waals surface area (Å²) in [7, 11) is 0. The van der Waals surface area contributed by atoms with E-state index in [4.69, 9.17) is 27.6 Å². The first-order valence-electron chi connectivity index (χ1n) is 9.75. The SMILES string of the molecule is CCCCC1CCC(c2nc(C#N)c(N/N=C/c3ccc(Cl)c(Cl)c3)o2)CC1. The summed E-state index contributed by atoms with van der Waals surface area (Å²) in [6.45, 7) is 2.24. The van der Waals surface area contributed by atoms with Gasteiger partial charge in [-0.3, -0.25) is 0 Å². The van der Waals surface area contributed by atoms with Gasteiger partial charge < -0.3 is 4.42 Å². The molecule has 1 heterocycles. The highest BCUT2D eigenvalue weighted by molar-refractivity contribution is 6.42. The quantitative estimate of drug-likeness (QED) is 0.397. The Morgan fingerprint density at radius 3 is 2.75 bits per heavy atom. The zero-order valence-electron chi connectivity index (χ0n) is 15.9. The largest absolute Gasteiger partial charge is 0.422 e. The van der Waals surface area contributed by atoms with E-state index in [1.165, 1.54) is 32.1 Å². The van der Waals surface area contributed by atoms with E-state index in [9.17, 15) is 5.26 Å². The molecule has 3 rings (SSSR count). The van der Waals surface area contributed by atoms with Crippen LogP contribution >= 0.6 is 23.2 Å². The number of hydrazone groups is 1. The Morgan fingerprint density at radius 2 is 2.07 bits per heavy atom. The Bertz CT molecular complexity index is 864. The van der Waals surface area contributed by atoms with Gasteiger partial charge in [-0.2, -0.15) is 10.4 Å². The van der Waals surface area contributed by atoms with E-state index < -0.39 is 0 Å². The summed E-state index contributed by atoms with van der Waals surface area (Å²) in [5.41, 5.74) is 3.80. The number of nitriles is 1. The second-order valence-corrected chi connectivity index (χ2v) is 8.06. The molecule has 0 spiro atoms. The molecule has 0 amide bonds. The first-order valence-corrected chi connectivity index (χ1v) is 10.5. The summed E-state index contributed by atoms with van der Waals surface area (Å²) in [6, 6.07) is 7.29. The minimum absolute atomic E-state index is 0.231. The zero-order valence-corrected chi connectivity index (χ0v) is 17.4. The van der Waals surface area contributed by atoms with Gasteiger partial charge in [0.15, 0.2) is 0 Å². The van der Waals surface area contributed by atoms with E-state index >= 15 is 0 Å². The number of aromatic nitrogens is 1. The molecule has 1 aliphatic carbocycles. The molecule has 28 heavy (non-hydrogen) atoms. The monoisotopic (exact) mass is 418 g/mol. The molecule has 1 N–H and O–H groups in total. The highest BCUT2D eigenvalue weighted by atomic mass is 35.5. The molecule has 0 unspecified atom stereocenters. The second kappa shape index (κ2) is 9.95. The van der Waals surface area contributed by atoms with E-state index in [2.05, 4.69) is 28.5 Å². The summed E-state index contributed by atoms with van der Waals surface area (Å²) in [6.07, 6.45) is 9.98. The van der Waals surface area contributed by atoms with Gasteiger partial charge in [0.2, 0.25) is 11.6 Å². The molecule has 0 saturated heterocycles. The Hall–Kier alpha value is -2.03. The number of rotatable bonds is 7. The van der Waals surface area contributed by atoms with Crippen LogP contribution in [0.3, 0.4) is 0 Å². The van der Waals surface area contributed by atoms with Crippen LogP contribution in [-0.2, 0) is 0 Å². The van der Waals surface area contributed by atoms with Crippen LogP contribution in [0.2, 0.25) is 10.0 Å². The molecule has 5 nitrogen and oxygen atoms in total. The van der Waals surface area contributed by atoms with E-state index in [1.807, 2.05) is 0 Å². The van der Waals surface area contributed by atoms with Crippen molar-refractivity contribution < 1.29 is 4.42 Å². The predicted octanol–water partition coefficient (Wildman–Crippen LogP) is 6.76. The fraction of sp³-hybridized carbons (Fsp3) is 0.476. The normalized spacial score (nSPS) is 19.6. The molecule has 0 atom stereocenters. The molecule has 0 aliphatic heterocycles. The fourth-order valence-electron chi connectivity index (χ4n) is 3.61. The third kappa shape index (κ3) is 5.27. The maximum atomic E-state index is 9.36. The molecule has 0 radical (unpaired) electrons.